The van der Waals surface area contributed by atoms with Gasteiger partial charge in [0.05, 0.1) is 17.1 Å². The summed E-state index contributed by atoms with van der Waals surface area (Å²) < 4.78 is 13.1. The third kappa shape index (κ3) is 4.36. The number of nitro groups is 1. The second-order valence-electron chi connectivity index (χ2n) is 4.09. The zero-order valence-corrected chi connectivity index (χ0v) is 9.68. The lowest BCUT2D eigenvalue weighted by molar-refractivity contribution is -0.385. The first-order valence-electron chi connectivity index (χ1n) is 5.28. The standard InChI is InChI=1S/C11H15FN2O3/c1-7(3-8(2)15)13-10-4-9(12)5-11(6-10)14(16)17/h4-8,13,15H,3H2,1-2H3. The van der Waals surface area contributed by atoms with E-state index >= 15 is 0 Å². The van der Waals surface area contributed by atoms with Gasteiger partial charge in [0.1, 0.15) is 5.82 Å². The number of rotatable bonds is 5. The van der Waals surface area contributed by atoms with E-state index in [4.69, 9.17) is 0 Å². The molecule has 2 N–H and O–H groups in total. The smallest absolute Gasteiger partial charge is 0.274 e. The van der Waals surface area contributed by atoms with Gasteiger partial charge in [-0.1, -0.05) is 0 Å². The second kappa shape index (κ2) is 5.58. The molecule has 0 bridgehead atoms. The van der Waals surface area contributed by atoms with E-state index in [2.05, 4.69) is 5.32 Å². The molecule has 6 heteroatoms. The highest BCUT2D eigenvalue weighted by Crippen LogP contribution is 2.21. The number of anilines is 1. The summed E-state index contributed by atoms with van der Waals surface area (Å²) in [6.07, 6.45) is -0.00864. The Balaban J connectivity index is 2.80. The van der Waals surface area contributed by atoms with Gasteiger partial charge >= 0.3 is 0 Å². The van der Waals surface area contributed by atoms with E-state index in [0.717, 1.165) is 6.07 Å². The molecule has 17 heavy (non-hydrogen) atoms. The highest BCUT2D eigenvalue weighted by molar-refractivity contribution is 5.52. The zero-order chi connectivity index (χ0) is 13.0. The van der Waals surface area contributed by atoms with Gasteiger partial charge in [-0.3, -0.25) is 10.1 Å². The van der Waals surface area contributed by atoms with Gasteiger partial charge in [0, 0.05) is 17.8 Å². The third-order valence-corrected chi connectivity index (χ3v) is 2.20. The Kier molecular flexibility index (Phi) is 4.39. The van der Waals surface area contributed by atoms with Crippen LogP contribution in [-0.2, 0) is 0 Å². The predicted molar refractivity (Wildman–Crippen MR) is 62.4 cm³/mol. The number of hydrogen-bond donors (Lipinski definition) is 2. The molecule has 0 saturated heterocycles. The van der Waals surface area contributed by atoms with Crippen LogP contribution in [0.4, 0.5) is 15.8 Å². The molecule has 0 heterocycles. The molecule has 1 aromatic rings. The van der Waals surface area contributed by atoms with Crippen molar-refractivity contribution in [1.82, 2.24) is 0 Å². The van der Waals surface area contributed by atoms with Gasteiger partial charge in [-0.25, -0.2) is 4.39 Å². The second-order valence-corrected chi connectivity index (χ2v) is 4.09. The first kappa shape index (κ1) is 13.4. The fraction of sp³-hybridized carbons (Fsp3) is 0.455. The summed E-state index contributed by atoms with van der Waals surface area (Å²) in [5, 5.41) is 22.6. The van der Waals surface area contributed by atoms with Crippen LogP contribution >= 0.6 is 0 Å². The molecule has 2 atom stereocenters. The number of nitrogens with zero attached hydrogens (tertiary/aromatic N) is 1. The van der Waals surface area contributed by atoms with Crippen LogP contribution in [0.2, 0.25) is 0 Å². The minimum Gasteiger partial charge on any atom is -0.393 e. The van der Waals surface area contributed by atoms with Crippen molar-refractivity contribution in [3.63, 3.8) is 0 Å². The van der Waals surface area contributed by atoms with Gasteiger partial charge in [0.15, 0.2) is 0 Å². The van der Waals surface area contributed by atoms with Crippen molar-refractivity contribution in [2.75, 3.05) is 5.32 Å². The molecule has 0 spiro atoms. The molecule has 0 aliphatic heterocycles. The van der Waals surface area contributed by atoms with Crippen LogP contribution in [0.5, 0.6) is 0 Å². The Morgan fingerprint density at radius 2 is 2.12 bits per heavy atom. The van der Waals surface area contributed by atoms with Gasteiger partial charge in [0.2, 0.25) is 0 Å². The van der Waals surface area contributed by atoms with Crippen molar-refractivity contribution in [3.05, 3.63) is 34.1 Å². The molecule has 0 fully saturated rings. The maximum absolute atomic E-state index is 13.1. The van der Waals surface area contributed by atoms with Gasteiger partial charge in [-0.05, 0) is 26.3 Å². The lowest BCUT2D eigenvalue weighted by Crippen LogP contribution is -2.20. The van der Waals surface area contributed by atoms with Crippen molar-refractivity contribution >= 4 is 11.4 Å². The molecule has 0 aliphatic rings. The van der Waals surface area contributed by atoms with Crippen molar-refractivity contribution in [2.45, 2.75) is 32.4 Å². The quantitative estimate of drug-likeness (QED) is 0.613. The Hall–Kier alpha value is -1.69. The van der Waals surface area contributed by atoms with E-state index in [-0.39, 0.29) is 11.7 Å². The highest BCUT2D eigenvalue weighted by atomic mass is 19.1. The van der Waals surface area contributed by atoms with Crippen LogP contribution in [-0.4, -0.2) is 22.2 Å². The Morgan fingerprint density at radius 1 is 1.47 bits per heavy atom. The molecular weight excluding hydrogens is 227 g/mol. The maximum Gasteiger partial charge on any atom is 0.274 e. The number of halogens is 1. The molecule has 0 saturated carbocycles. The lowest BCUT2D eigenvalue weighted by atomic mass is 10.1. The zero-order valence-electron chi connectivity index (χ0n) is 9.68. The van der Waals surface area contributed by atoms with E-state index in [1.54, 1.807) is 6.92 Å². The Morgan fingerprint density at radius 3 is 2.65 bits per heavy atom. The molecule has 5 nitrogen and oxygen atoms in total. The number of non-ortho nitro benzene ring substituents is 1. The number of nitrogens with one attached hydrogen (secondary N) is 1. The average molecular weight is 242 g/mol. The number of nitro benzene ring substituents is 1. The van der Waals surface area contributed by atoms with Gasteiger partial charge < -0.3 is 10.4 Å². The molecule has 0 aromatic heterocycles. The van der Waals surface area contributed by atoms with Crippen LogP contribution in [0.3, 0.4) is 0 Å². The minimum absolute atomic E-state index is 0.101. The molecule has 1 aromatic carbocycles. The van der Waals surface area contributed by atoms with Crippen LogP contribution in [0.25, 0.3) is 0 Å². The van der Waals surface area contributed by atoms with Gasteiger partial charge in [-0.2, -0.15) is 0 Å². The number of aliphatic hydroxyl groups excluding tert-OH is 1. The first-order valence-corrected chi connectivity index (χ1v) is 5.28. The van der Waals surface area contributed by atoms with Crippen molar-refractivity contribution in [2.24, 2.45) is 0 Å². The van der Waals surface area contributed by atoms with Crippen LogP contribution < -0.4 is 5.32 Å². The summed E-state index contributed by atoms with van der Waals surface area (Å²) in [5.74, 6) is -0.661. The van der Waals surface area contributed by atoms with E-state index in [9.17, 15) is 19.6 Å². The number of hydrogen-bond acceptors (Lipinski definition) is 4. The van der Waals surface area contributed by atoms with Crippen molar-refractivity contribution < 1.29 is 14.4 Å². The highest BCUT2D eigenvalue weighted by Gasteiger charge is 2.12. The van der Waals surface area contributed by atoms with E-state index in [0.29, 0.717) is 12.1 Å². The third-order valence-electron chi connectivity index (χ3n) is 2.20. The monoisotopic (exact) mass is 242 g/mol. The molecule has 0 radical (unpaired) electrons. The van der Waals surface area contributed by atoms with Crippen molar-refractivity contribution in [3.8, 4) is 0 Å². The lowest BCUT2D eigenvalue weighted by Gasteiger charge is -2.16. The van der Waals surface area contributed by atoms with Crippen LogP contribution in [0.1, 0.15) is 20.3 Å². The summed E-state index contributed by atoms with van der Waals surface area (Å²) >= 11 is 0. The molecule has 2 unspecified atom stereocenters. The van der Waals surface area contributed by atoms with Crippen LogP contribution in [0, 0.1) is 15.9 Å². The fourth-order valence-corrected chi connectivity index (χ4v) is 1.62. The van der Waals surface area contributed by atoms with E-state index in [1.165, 1.54) is 12.1 Å². The first-order chi connectivity index (χ1) is 7.88. The Labute approximate surface area is 98.4 Å². The van der Waals surface area contributed by atoms with E-state index < -0.39 is 16.8 Å². The summed E-state index contributed by atoms with van der Waals surface area (Å²) in [6.45, 7) is 3.45. The van der Waals surface area contributed by atoms with Crippen molar-refractivity contribution in [1.29, 1.82) is 0 Å². The molecule has 94 valence electrons. The molecule has 0 aliphatic carbocycles. The molecular formula is C11H15FN2O3. The average Bonchev–Trinajstić information content (AvgIpc) is 2.14. The molecule has 0 amide bonds. The summed E-state index contributed by atoms with van der Waals surface area (Å²) in [5.41, 5.74) is 0.0431. The summed E-state index contributed by atoms with van der Waals surface area (Å²) in [7, 11) is 0. The molecule has 1 rings (SSSR count). The summed E-state index contributed by atoms with van der Waals surface area (Å²) in [4.78, 5) is 9.89. The van der Waals surface area contributed by atoms with Gasteiger partial charge in [0.25, 0.3) is 5.69 Å². The topological polar surface area (TPSA) is 75.4 Å². The Bertz CT molecular complexity index is 410. The number of benzene rings is 1. The SMILES string of the molecule is CC(O)CC(C)Nc1cc(F)cc([N+](=O)[O-])c1. The number of aliphatic hydroxyl groups is 1. The maximum atomic E-state index is 13.1. The largest absolute Gasteiger partial charge is 0.393 e. The predicted octanol–water partition coefficient (Wildman–Crippen LogP) is 2.31. The fourth-order valence-electron chi connectivity index (χ4n) is 1.62. The van der Waals surface area contributed by atoms with Crippen LogP contribution in [0.15, 0.2) is 18.2 Å². The minimum atomic E-state index is -0.661. The van der Waals surface area contributed by atoms with Gasteiger partial charge in [-0.15, -0.1) is 0 Å². The normalized spacial score (nSPS) is 14.1. The van der Waals surface area contributed by atoms with E-state index in [1.807, 2.05) is 6.92 Å². The summed E-state index contributed by atoms with van der Waals surface area (Å²) in [6, 6.07) is 3.22.